The summed E-state index contributed by atoms with van der Waals surface area (Å²) < 4.78 is 10.5. The lowest BCUT2D eigenvalue weighted by molar-refractivity contribution is -0.136. The molecule has 0 radical (unpaired) electrons. The Morgan fingerprint density at radius 2 is 1.55 bits per heavy atom. The predicted molar refractivity (Wildman–Crippen MR) is 115 cm³/mol. The summed E-state index contributed by atoms with van der Waals surface area (Å²) in [6, 6.07) is 12.4. The zero-order chi connectivity index (χ0) is 21.4. The summed E-state index contributed by atoms with van der Waals surface area (Å²) in [5, 5.41) is 5.32. The summed E-state index contributed by atoms with van der Waals surface area (Å²) in [7, 11) is 3.10. The number of nitrogens with one attached hydrogen (secondary N) is 2. The molecule has 2 amide bonds. The summed E-state index contributed by atoms with van der Waals surface area (Å²) in [6.45, 7) is 7.77. The van der Waals surface area contributed by atoms with Gasteiger partial charge in [-0.2, -0.15) is 0 Å². The van der Waals surface area contributed by atoms with E-state index in [0.717, 1.165) is 24.3 Å². The first-order chi connectivity index (χ1) is 13.9. The molecule has 0 aliphatic rings. The molecule has 156 valence electrons. The normalized spacial score (nSPS) is 11.3. The molecular weight excluding hydrogens is 370 g/mol. The van der Waals surface area contributed by atoms with Crippen LogP contribution in [0, 0.1) is 0 Å². The molecule has 29 heavy (non-hydrogen) atoms. The molecule has 0 saturated carbocycles. The molecule has 0 heterocycles. The third-order valence-electron chi connectivity index (χ3n) is 4.72. The first-order valence-electron chi connectivity index (χ1n) is 9.62. The lowest BCUT2D eigenvalue weighted by Gasteiger charge is -2.21. The maximum Gasteiger partial charge on any atom is 0.313 e. The topological polar surface area (TPSA) is 79.9 Å². The molecule has 1 atom stereocenters. The second-order valence-corrected chi connectivity index (χ2v) is 6.48. The van der Waals surface area contributed by atoms with E-state index in [1.54, 1.807) is 45.4 Å². The zero-order valence-electron chi connectivity index (χ0n) is 17.6. The molecule has 0 aromatic heterocycles. The van der Waals surface area contributed by atoms with Crippen molar-refractivity contribution in [2.45, 2.75) is 26.8 Å². The SMILES string of the molecule is CCN(CC)c1ccc(NC(=O)C(=O)NC(C)c2ccc(OC)c(OC)c2)cc1. The third-order valence-corrected chi connectivity index (χ3v) is 4.72. The van der Waals surface area contributed by atoms with Crippen molar-refractivity contribution in [2.24, 2.45) is 0 Å². The average molecular weight is 399 g/mol. The Morgan fingerprint density at radius 1 is 0.931 bits per heavy atom. The molecule has 0 aliphatic carbocycles. The van der Waals surface area contributed by atoms with E-state index >= 15 is 0 Å². The highest BCUT2D eigenvalue weighted by molar-refractivity contribution is 6.39. The fourth-order valence-corrected chi connectivity index (χ4v) is 3.00. The van der Waals surface area contributed by atoms with Crippen LogP contribution in [0.5, 0.6) is 11.5 Å². The maximum absolute atomic E-state index is 12.3. The van der Waals surface area contributed by atoms with Crippen molar-refractivity contribution in [1.29, 1.82) is 0 Å². The summed E-state index contributed by atoms with van der Waals surface area (Å²) in [5.74, 6) is -0.266. The van der Waals surface area contributed by atoms with Gasteiger partial charge < -0.3 is 25.0 Å². The molecule has 0 aliphatic heterocycles. The van der Waals surface area contributed by atoms with E-state index in [9.17, 15) is 9.59 Å². The number of hydrogen-bond donors (Lipinski definition) is 2. The van der Waals surface area contributed by atoms with Gasteiger partial charge in [-0.3, -0.25) is 9.59 Å². The smallest absolute Gasteiger partial charge is 0.313 e. The fourth-order valence-electron chi connectivity index (χ4n) is 3.00. The lowest BCUT2D eigenvalue weighted by Crippen LogP contribution is -2.36. The first-order valence-corrected chi connectivity index (χ1v) is 9.62. The maximum atomic E-state index is 12.3. The zero-order valence-corrected chi connectivity index (χ0v) is 17.6. The van der Waals surface area contributed by atoms with E-state index in [0.29, 0.717) is 17.2 Å². The van der Waals surface area contributed by atoms with Crippen LogP contribution in [0.25, 0.3) is 0 Å². The van der Waals surface area contributed by atoms with Crippen LogP contribution in [0.15, 0.2) is 42.5 Å². The van der Waals surface area contributed by atoms with E-state index in [2.05, 4.69) is 29.4 Å². The molecular formula is C22H29N3O4. The van der Waals surface area contributed by atoms with Crippen LogP contribution in [0.1, 0.15) is 32.4 Å². The van der Waals surface area contributed by atoms with Crippen molar-refractivity contribution in [3.63, 3.8) is 0 Å². The van der Waals surface area contributed by atoms with Crippen molar-refractivity contribution < 1.29 is 19.1 Å². The van der Waals surface area contributed by atoms with Crippen LogP contribution in [0.3, 0.4) is 0 Å². The number of amides is 2. The molecule has 0 spiro atoms. The largest absolute Gasteiger partial charge is 0.493 e. The molecule has 2 N–H and O–H groups in total. The predicted octanol–water partition coefficient (Wildman–Crippen LogP) is 3.37. The minimum atomic E-state index is -0.715. The molecule has 7 heteroatoms. The minimum Gasteiger partial charge on any atom is -0.493 e. The van der Waals surface area contributed by atoms with Crippen molar-refractivity contribution in [2.75, 3.05) is 37.5 Å². The standard InChI is InChI=1S/C22H29N3O4/c1-6-25(7-2)18-11-9-17(10-12-18)24-22(27)21(26)23-15(3)16-8-13-19(28-4)20(14-16)29-5/h8-15H,6-7H2,1-5H3,(H,23,26)(H,24,27). The molecule has 1 unspecified atom stereocenters. The van der Waals surface area contributed by atoms with E-state index in [1.807, 2.05) is 18.2 Å². The Kier molecular flexibility index (Phi) is 7.88. The molecule has 0 saturated heterocycles. The summed E-state index contributed by atoms with van der Waals surface area (Å²) in [4.78, 5) is 26.7. The van der Waals surface area contributed by atoms with Gasteiger partial charge in [0, 0.05) is 24.5 Å². The van der Waals surface area contributed by atoms with Gasteiger partial charge in [0.25, 0.3) is 0 Å². The van der Waals surface area contributed by atoms with Gasteiger partial charge in [-0.1, -0.05) is 6.07 Å². The highest BCUT2D eigenvalue weighted by Crippen LogP contribution is 2.29. The van der Waals surface area contributed by atoms with Crippen LogP contribution < -0.4 is 25.0 Å². The molecule has 0 bridgehead atoms. The summed E-state index contributed by atoms with van der Waals surface area (Å²) >= 11 is 0. The molecule has 0 fully saturated rings. The second kappa shape index (κ2) is 10.4. The lowest BCUT2D eigenvalue weighted by atomic mass is 10.1. The van der Waals surface area contributed by atoms with Crippen LogP contribution in [0.2, 0.25) is 0 Å². The van der Waals surface area contributed by atoms with Gasteiger partial charge in [-0.15, -0.1) is 0 Å². The summed E-state index contributed by atoms with van der Waals surface area (Å²) in [6.07, 6.45) is 0. The Morgan fingerprint density at radius 3 is 2.10 bits per heavy atom. The van der Waals surface area contributed by atoms with Gasteiger partial charge in [0.2, 0.25) is 0 Å². The van der Waals surface area contributed by atoms with Crippen LogP contribution in [-0.2, 0) is 9.59 Å². The Labute approximate surface area is 172 Å². The van der Waals surface area contributed by atoms with Gasteiger partial charge in [0.1, 0.15) is 0 Å². The van der Waals surface area contributed by atoms with E-state index in [4.69, 9.17) is 9.47 Å². The van der Waals surface area contributed by atoms with Crippen LogP contribution in [-0.4, -0.2) is 39.1 Å². The van der Waals surface area contributed by atoms with E-state index < -0.39 is 11.8 Å². The quantitative estimate of drug-likeness (QED) is 0.666. The fraction of sp³-hybridized carbons (Fsp3) is 0.364. The summed E-state index contributed by atoms with van der Waals surface area (Å²) in [5.41, 5.74) is 2.44. The van der Waals surface area contributed by atoms with Crippen molar-refractivity contribution in [1.82, 2.24) is 5.32 Å². The Hall–Kier alpha value is -3.22. The van der Waals surface area contributed by atoms with Gasteiger partial charge in [0.15, 0.2) is 11.5 Å². The molecule has 2 rings (SSSR count). The Bertz CT molecular complexity index is 832. The number of methoxy groups -OCH3 is 2. The molecule has 2 aromatic rings. The van der Waals surface area contributed by atoms with Gasteiger partial charge >= 0.3 is 11.8 Å². The van der Waals surface area contributed by atoms with Crippen LogP contribution >= 0.6 is 0 Å². The van der Waals surface area contributed by atoms with Crippen LogP contribution in [0.4, 0.5) is 11.4 Å². The van der Waals surface area contributed by atoms with Gasteiger partial charge in [0.05, 0.1) is 20.3 Å². The number of carbonyl (C=O) groups excluding carboxylic acids is 2. The number of benzene rings is 2. The second-order valence-electron chi connectivity index (χ2n) is 6.48. The third kappa shape index (κ3) is 5.63. The average Bonchev–Trinajstić information content (AvgIpc) is 2.75. The molecule has 2 aromatic carbocycles. The number of anilines is 2. The van der Waals surface area contributed by atoms with Crippen molar-refractivity contribution in [3.8, 4) is 11.5 Å². The van der Waals surface area contributed by atoms with Gasteiger partial charge in [-0.25, -0.2) is 0 Å². The Balaban J connectivity index is 1.99. The monoisotopic (exact) mass is 399 g/mol. The number of ether oxygens (including phenoxy) is 2. The number of hydrogen-bond acceptors (Lipinski definition) is 5. The first kappa shape index (κ1) is 22.1. The molecule has 7 nitrogen and oxygen atoms in total. The van der Waals surface area contributed by atoms with E-state index in [-0.39, 0.29) is 6.04 Å². The number of nitrogens with zero attached hydrogens (tertiary/aromatic N) is 1. The van der Waals surface area contributed by atoms with Crippen molar-refractivity contribution >= 4 is 23.2 Å². The number of carbonyl (C=O) groups is 2. The number of rotatable bonds is 8. The van der Waals surface area contributed by atoms with Crippen molar-refractivity contribution in [3.05, 3.63) is 48.0 Å². The van der Waals surface area contributed by atoms with Gasteiger partial charge in [-0.05, 0) is 62.7 Å². The highest BCUT2D eigenvalue weighted by atomic mass is 16.5. The van der Waals surface area contributed by atoms with E-state index in [1.165, 1.54) is 0 Å². The highest BCUT2D eigenvalue weighted by Gasteiger charge is 2.18. The minimum absolute atomic E-state index is 0.377.